The molecule has 0 saturated carbocycles. The number of carboxylic acid groups (broad SMARTS) is 1. The van der Waals surface area contributed by atoms with Gasteiger partial charge in [0.15, 0.2) is 0 Å². The summed E-state index contributed by atoms with van der Waals surface area (Å²) < 4.78 is 5.55. The van der Waals surface area contributed by atoms with Crippen LogP contribution in [-0.2, 0) is 14.3 Å². The number of likely N-dealkylation sites (tertiary alicyclic amines) is 1. The Morgan fingerprint density at radius 1 is 1.03 bits per heavy atom. The average molecular weight is 437 g/mol. The number of carbonyl (C=O) groups is 3. The fourth-order valence-corrected chi connectivity index (χ4v) is 4.79. The minimum Gasteiger partial charge on any atom is -0.481 e. The molecule has 2 aliphatic rings. The molecule has 32 heavy (non-hydrogen) atoms. The van der Waals surface area contributed by atoms with Crippen molar-refractivity contribution in [3.63, 3.8) is 0 Å². The number of hydrogen-bond donors (Lipinski definition) is 2. The van der Waals surface area contributed by atoms with Crippen LogP contribution in [0.4, 0.5) is 4.79 Å². The van der Waals surface area contributed by atoms with E-state index in [4.69, 9.17) is 4.74 Å². The van der Waals surface area contributed by atoms with E-state index in [9.17, 15) is 19.5 Å². The van der Waals surface area contributed by atoms with Gasteiger partial charge >= 0.3 is 12.1 Å². The molecule has 2 atom stereocenters. The summed E-state index contributed by atoms with van der Waals surface area (Å²) in [6.07, 6.45) is -0.674. The Balaban J connectivity index is 1.40. The van der Waals surface area contributed by atoms with Gasteiger partial charge in [-0.05, 0) is 42.0 Å². The van der Waals surface area contributed by atoms with E-state index in [1.807, 2.05) is 43.3 Å². The van der Waals surface area contributed by atoms with Gasteiger partial charge in [-0.15, -0.1) is 0 Å². The minimum atomic E-state index is -1.21. The molecule has 2 amide bonds. The van der Waals surface area contributed by atoms with Crippen molar-refractivity contribution in [2.24, 2.45) is 11.8 Å². The zero-order chi connectivity index (χ0) is 23.0. The quantitative estimate of drug-likeness (QED) is 0.748. The standard InChI is InChI=1S/C25H28N2O5/c1-15-12-27(13-20(15)22(28)29)23(30)25(2,3)26-24(31)32-14-21-18-10-6-4-8-16(18)17-9-5-7-11-19(17)21/h4-11,15,20-21H,12-14H2,1-3H3,(H,26,31)(H,28,29)/t15-,20-/m1/s1. The highest BCUT2D eigenvalue weighted by Crippen LogP contribution is 2.44. The number of carboxylic acids is 1. The zero-order valence-corrected chi connectivity index (χ0v) is 18.5. The van der Waals surface area contributed by atoms with E-state index >= 15 is 0 Å². The molecule has 0 aromatic heterocycles. The van der Waals surface area contributed by atoms with Gasteiger partial charge in [0.2, 0.25) is 5.91 Å². The maximum absolute atomic E-state index is 13.0. The van der Waals surface area contributed by atoms with Gasteiger partial charge in [0.05, 0.1) is 5.92 Å². The summed E-state index contributed by atoms with van der Waals surface area (Å²) in [4.78, 5) is 38.4. The number of hydrogen-bond acceptors (Lipinski definition) is 4. The summed E-state index contributed by atoms with van der Waals surface area (Å²) in [5, 5.41) is 12.0. The summed E-state index contributed by atoms with van der Waals surface area (Å²) in [6, 6.07) is 16.2. The largest absolute Gasteiger partial charge is 0.481 e. The first kappa shape index (κ1) is 21.9. The van der Waals surface area contributed by atoms with Gasteiger partial charge in [0, 0.05) is 19.0 Å². The Morgan fingerprint density at radius 2 is 1.59 bits per heavy atom. The van der Waals surface area contributed by atoms with E-state index < -0.39 is 23.5 Å². The number of nitrogens with one attached hydrogen (secondary N) is 1. The molecule has 7 heteroatoms. The van der Waals surface area contributed by atoms with E-state index in [2.05, 4.69) is 17.4 Å². The number of benzene rings is 2. The molecule has 2 N–H and O–H groups in total. The number of nitrogens with zero attached hydrogens (tertiary/aromatic N) is 1. The predicted molar refractivity (Wildman–Crippen MR) is 119 cm³/mol. The normalized spacial score (nSPS) is 19.9. The number of amides is 2. The maximum Gasteiger partial charge on any atom is 0.408 e. The molecule has 7 nitrogen and oxygen atoms in total. The fraction of sp³-hybridized carbons (Fsp3) is 0.400. The molecule has 1 fully saturated rings. The molecular weight excluding hydrogens is 408 g/mol. The Labute approximate surface area is 187 Å². The van der Waals surface area contributed by atoms with Crippen LogP contribution in [0.3, 0.4) is 0 Å². The number of rotatable bonds is 5. The average Bonchev–Trinajstić information content (AvgIpc) is 3.29. The van der Waals surface area contributed by atoms with Crippen LogP contribution in [-0.4, -0.2) is 53.2 Å². The van der Waals surface area contributed by atoms with E-state index in [1.54, 1.807) is 13.8 Å². The fourth-order valence-electron chi connectivity index (χ4n) is 4.79. The van der Waals surface area contributed by atoms with Crippen LogP contribution in [0.2, 0.25) is 0 Å². The van der Waals surface area contributed by atoms with Gasteiger partial charge in [-0.3, -0.25) is 9.59 Å². The summed E-state index contributed by atoms with van der Waals surface area (Å²) in [6.45, 7) is 5.69. The summed E-state index contributed by atoms with van der Waals surface area (Å²) >= 11 is 0. The van der Waals surface area contributed by atoms with Crippen LogP contribution in [0.15, 0.2) is 48.5 Å². The number of fused-ring (bicyclic) bond motifs is 3. The van der Waals surface area contributed by atoms with Crippen molar-refractivity contribution in [2.75, 3.05) is 19.7 Å². The third kappa shape index (κ3) is 3.95. The number of carbonyl (C=O) groups excluding carboxylic acids is 2. The van der Waals surface area contributed by atoms with Gasteiger partial charge in [-0.25, -0.2) is 4.79 Å². The predicted octanol–water partition coefficient (Wildman–Crippen LogP) is 3.48. The lowest BCUT2D eigenvalue weighted by Crippen LogP contribution is -2.55. The Morgan fingerprint density at radius 3 is 2.12 bits per heavy atom. The summed E-state index contributed by atoms with van der Waals surface area (Å²) in [5.74, 6) is -2.02. The van der Waals surface area contributed by atoms with Crippen LogP contribution in [0.5, 0.6) is 0 Å². The molecule has 168 valence electrons. The second-order valence-corrected chi connectivity index (χ2v) is 9.21. The van der Waals surface area contributed by atoms with Crippen molar-refractivity contribution in [1.29, 1.82) is 0 Å². The van der Waals surface area contributed by atoms with E-state index in [0.717, 1.165) is 22.3 Å². The smallest absolute Gasteiger partial charge is 0.408 e. The highest BCUT2D eigenvalue weighted by atomic mass is 16.5. The molecular formula is C25H28N2O5. The minimum absolute atomic E-state index is 0.0669. The summed E-state index contributed by atoms with van der Waals surface area (Å²) in [5.41, 5.74) is 3.30. The topological polar surface area (TPSA) is 95.9 Å². The molecule has 0 radical (unpaired) electrons. The van der Waals surface area contributed by atoms with Crippen molar-refractivity contribution < 1.29 is 24.2 Å². The molecule has 2 aromatic rings. The highest BCUT2D eigenvalue weighted by molar-refractivity contribution is 5.90. The Hall–Kier alpha value is -3.35. The highest BCUT2D eigenvalue weighted by Gasteiger charge is 2.42. The van der Waals surface area contributed by atoms with Crippen LogP contribution in [0, 0.1) is 11.8 Å². The SMILES string of the molecule is C[C@@H]1CN(C(=O)C(C)(C)NC(=O)OCC2c3ccccc3-c3ccccc32)C[C@H]1C(=O)O. The van der Waals surface area contributed by atoms with Gasteiger partial charge in [0.1, 0.15) is 12.1 Å². The van der Waals surface area contributed by atoms with Gasteiger partial charge < -0.3 is 20.1 Å². The third-order valence-corrected chi connectivity index (χ3v) is 6.51. The maximum atomic E-state index is 13.0. The first-order chi connectivity index (χ1) is 15.2. The van der Waals surface area contributed by atoms with Gasteiger partial charge in [0.25, 0.3) is 0 Å². The van der Waals surface area contributed by atoms with Crippen LogP contribution in [0.25, 0.3) is 11.1 Å². The van der Waals surface area contributed by atoms with Crippen LogP contribution >= 0.6 is 0 Å². The molecule has 0 unspecified atom stereocenters. The second-order valence-electron chi connectivity index (χ2n) is 9.21. The molecule has 1 aliphatic carbocycles. The molecule has 1 aliphatic heterocycles. The molecule has 2 aromatic carbocycles. The molecule has 1 heterocycles. The van der Waals surface area contributed by atoms with Crippen LogP contribution < -0.4 is 5.32 Å². The Kier molecular flexibility index (Phi) is 5.67. The number of ether oxygens (including phenoxy) is 1. The van der Waals surface area contributed by atoms with Gasteiger partial charge in [-0.2, -0.15) is 0 Å². The molecule has 0 spiro atoms. The van der Waals surface area contributed by atoms with Crippen molar-refractivity contribution in [3.05, 3.63) is 59.7 Å². The lowest BCUT2D eigenvalue weighted by atomic mass is 9.98. The van der Waals surface area contributed by atoms with E-state index in [1.165, 1.54) is 4.90 Å². The van der Waals surface area contributed by atoms with Crippen molar-refractivity contribution >= 4 is 18.0 Å². The molecule has 0 bridgehead atoms. The monoisotopic (exact) mass is 436 g/mol. The van der Waals surface area contributed by atoms with Crippen LogP contribution in [0.1, 0.15) is 37.8 Å². The molecule has 4 rings (SSSR count). The van der Waals surface area contributed by atoms with E-state index in [0.29, 0.717) is 6.54 Å². The Bertz CT molecular complexity index is 1020. The number of aliphatic carboxylic acids is 1. The second kappa shape index (κ2) is 8.30. The molecule has 1 saturated heterocycles. The van der Waals surface area contributed by atoms with Crippen molar-refractivity contribution in [2.45, 2.75) is 32.2 Å². The van der Waals surface area contributed by atoms with Crippen molar-refractivity contribution in [3.8, 4) is 11.1 Å². The van der Waals surface area contributed by atoms with E-state index in [-0.39, 0.29) is 30.9 Å². The number of alkyl carbamates (subject to hydrolysis) is 1. The van der Waals surface area contributed by atoms with Crippen molar-refractivity contribution in [1.82, 2.24) is 10.2 Å². The third-order valence-electron chi connectivity index (χ3n) is 6.51. The lowest BCUT2D eigenvalue weighted by Gasteiger charge is -2.30. The van der Waals surface area contributed by atoms with Gasteiger partial charge in [-0.1, -0.05) is 55.5 Å². The zero-order valence-electron chi connectivity index (χ0n) is 18.5. The summed E-state index contributed by atoms with van der Waals surface area (Å²) in [7, 11) is 0. The lowest BCUT2D eigenvalue weighted by molar-refractivity contribution is -0.142. The first-order valence-corrected chi connectivity index (χ1v) is 10.8. The first-order valence-electron chi connectivity index (χ1n) is 10.8.